The highest BCUT2D eigenvalue weighted by atomic mass is 16.5. The van der Waals surface area contributed by atoms with Crippen molar-refractivity contribution in [1.82, 2.24) is 4.98 Å². The van der Waals surface area contributed by atoms with Crippen LogP contribution in [-0.2, 0) is 31.0 Å². The maximum atomic E-state index is 5.46. The van der Waals surface area contributed by atoms with Crippen LogP contribution in [0.4, 0.5) is 5.69 Å². The molecule has 2 aliphatic heterocycles. The molecular formula is C15H14N2O. The molecule has 0 spiro atoms. The van der Waals surface area contributed by atoms with Gasteiger partial charge >= 0.3 is 0 Å². The van der Waals surface area contributed by atoms with Gasteiger partial charge in [0.25, 0.3) is 0 Å². The van der Waals surface area contributed by atoms with Crippen molar-refractivity contribution in [1.29, 1.82) is 0 Å². The summed E-state index contributed by atoms with van der Waals surface area (Å²) in [5.41, 5.74) is 6.48. The lowest BCUT2D eigenvalue weighted by Crippen LogP contribution is -2.14. The Morgan fingerprint density at radius 3 is 2.89 bits per heavy atom. The molecule has 1 aromatic carbocycles. The molecule has 0 radical (unpaired) electrons. The zero-order valence-corrected chi connectivity index (χ0v) is 10.1. The van der Waals surface area contributed by atoms with E-state index in [1.165, 1.54) is 28.1 Å². The first-order valence-corrected chi connectivity index (χ1v) is 6.27. The van der Waals surface area contributed by atoms with Crippen molar-refractivity contribution in [3.8, 4) is 0 Å². The van der Waals surface area contributed by atoms with E-state index in [0.29, 0.717) is 0 Å². The number of hydrogen-bond acceptors (Lipinski definition) is 3. The molecule has 0 atom stereocenters. The van der Waals surface area contributed by atoms with Crippen LogP contribution >= 0.6 is 0 Å². The monoisotopic (exact) mass is 238 g/mol. The molecule has 90 valence electrons. The van der Waals surface area contributed by atoms with Crippen molar-refractivity contribution in [2.75, 3.05) is 4.90 Å². The highest BCUT2D eigenvalue weighted by molar-refractivity contribution is 5.54. The summed E-state index contributed by atoms with van der Waals surface area (Å²) in [5.74, 6) is 0. The van der Waals surface area contributed by atoms with Gasteiger partial charge in [0.15, 0.2) is 0 Å². The minimum atomic E-state index is 0.752. The van der Waals surface area contributed by atoms with Crippen LogP contribution < -0.4 is 4.90 Å². The molecule has 2 aliphatic rings. The molecular weight excluding hydrogens is 224 g/mol. The molecule has 0 unspecified atom stereocenters. The lowest BCUT2D eigenvalue weighted by molar-refractivity contribution is 0.134. The Balaban J connectivity index is 1.66. The minimum Gasteiger partial charge on any atom is -0.372 e. The summed E-state index contributed by atoms with van der Waals surface area (Å²) >= 11 is 0. The fourth-order valence-corrected chi connectivity index (χ4v) is 2.74. The first-order chi connectivity index (χ1) is 8.90. The van der Waals surface area contributed by atoms with Crippen LogP contribution in [0.5, 0.6) is 0 Å². The van der Waals surface area contributed by atoms with Crippen LogP contribution in [0.1, 0.15) is 22.4 Å². The molecule has 0 N–H and O–H groups in total. The summed E-state index contributed by atoms with van der Waals surface area (Å²) in [6.07, 6.45) is 1.87. The molecule has 4 rings (SSSR count). The molecule has 0 saturated heterocycles. The largest absolute Gasteiger partial charge is 0.372 e. The lowest BCUT2D eigenvalue weighted by atomic mass is 10.1. The maximum absolute atomic E-state index is 5.46. The van der Waals surface area contributed by atoms with Crippen LogP contribution in [0.25, 0.3) is 0 Å². The van der Waals surface area contributed by atoms with Gasteiger partial charge in [0.2, 0.25) is 0 Å². The van der Waals surface area contributed by atoms with E-state index >= 15 is 0 Å². The van der Waals surface area contributed by atoms with Crippen LogP contribution in [0.15, 0.2) is 36.5 Å². The summed E-state index contributed by atoms with van der Waals surface area (Å²) in [5, 5.41) is 0. The molecule has 3 heterocycles. The van der Waals surface area contributed by atoms with Crippen molar-refractivity contribution in [2.24, 2.45) is 0 Å². The Hall–Kier alpha value is -1.87. The first kappa shape index (κ1) is 10.1. The van der Waals surface area contributed by atoms with E-state index in [9.17, 15) is 0 Å². The van der Waals surface area contributed by atoms with Crippen LogP contribution in [-0.4, -0.2) is 4.98 Å². The van der Waals surface area contributed by atoms with Gasteiger partial charge in [-0.25, -0.2) is 0 Å². The van der Waals surface area contributed by atoms with E-state index in [0.717, 1.165) is 26.3 Å². The van der Waals surface area contributed by atoms with Crippen LogP contribution in [0, 0.1) is 0 Å². The van der Waals surface area contributed by atoms with E-state index in [1.54, 1.807) is 0 Å². The number of anilines is 1. The molecule has 0 amide bonds. The van der Waals surface area contributed by atoms with E-state index in [-0.39, 0.29) is 0 Å². The SMILES string of the molecule is c1cnc2c(c1)CN(c1ccc3c(c1)COC3)C2. The number of hydrogen-bond donors (Lipinski definition) is 0. The summed E-state index contributed by atoms with van der Waals surface area (Å²) < 4.78 is 5.46. The van der Waals surface area contributed by atoms with E-state index < -0.39 is 0 Å². The zero-order chi connectivity index (χ0) is 11.9. The maximum Gasteiger partial charge on any atom is 0.0725 e. The fraction of sp³-hybridized carbons (Fsp3) is 0.267. The Morgan fingerprint density at radius 2 is 1.94 bits per heavy atom. The summed E-state index contributed by atoms with van der Waals surface area (Å²) in [7, 11) is 0. The Morgan fingerprint density at radius 1 is 1.00 bits per heavy atom. The summed E-state index contributed by atoms with van der Waals surface area (Å²) in [6.45, 7) is 3.39. The topological polar surface area (TPSA) is 25.4 Å². The van der Waals surface area contributed by atoms with Gasteiger partial charge in [-0.15, -0.1) is 0 Å². The Bertz CT molecular complexity index is 584. The Kier molecular flexibility index (Phi) is 2.14. The molecule has 0 bridgehead atoms. The normalized spacial score (nSPS) is 16.8. The predicted octanol–water partition coefficient (Wildman–Crippen LogP) is 2.63. The van der Waals surface area contributed by atoms with Crippen LogP contribution in [0.2, 0.25) is 0 Å². The molecule has 0 aliphatic carbocycles. The van der Waals surface area contributed by atoms with Crippen molar-refractivity contribution >= 4 is 5.69 Å². The number of rotatable bonds is 1. The van der Waals surface area contributed by atoms with E-state index in [1.807, 2.05) is 12.3 Å². The summed E-state index contributed by atoms with van der Waals surface area (Å²) in [4.78, 5) is 6.81. The van der Waals surface area contributed by atoms with Crippen LogP contribution in [0.3, 0.4) is 0 Å². The third-order valence-electron chi connectivity index (χ3n) is 3.76. The number of nitrogens with zero attached hydrogens (tertiary/aromatic N) is 2. The standard InChI is InChI=1S/C15H14N2O/c1-2-11-7-17(8-15(11)16-5-1)14-4-3-12-9-18-10-13(12)6-14/h1-6H,7-10H2. The lowest BCUT2D eigenvalue weighted by Gasteiger charge is -2.18. The van der Waals surface area contributed by atoms with Gasteiger partial charge in [-0.05, 0) is 34.9 Å². The second-order valence-corrected chi connectivity index (χ2v) is 4.91. The summed E-state index contributed by atoms with van der Waals surface area (Å²) in [6, 6.07) is 10.8. The van der Waals surface area contributed by atoms with Crippen molar-refractivity contribution in [2.45, 2.75) is 26.3 Å². The smallest absolute Gasteiger partial charge is 0.0725 e. The number of pyridine rings is 1. The molecule has 18 heavy (non-hydrogen) atoms. The predicted molar refractivity (Wildman–Crippen MR) is 69.1 cm³/mol. The third-order valence-corrected chi connectivity index (χ3v) is 3.76. The van der Waals surface area contributed by atoms with Crippen molar-refractivity contribution in [3.63, 3.8) is 0 Å². The highest BCUT2D eigenvalue weighted by Gasteiger charge is 2.21. The van der Waals surface area contributed by atoms with Gasteiger partial charge in [0.1, 0.15) is 0 Å². The second kappa shape index (κ2) is 3.82. The van der Waals surface area contributed by atoms with Gasteiger partial charge in [0.05, 0.1) is 25.5 Å². The molecule has 3 nitrogen and oxygen atoms in total. The van der Waals surface area contributed by atoms with Gasteiger partial charge in [-0.1, -0.05) is 12.1 Å². The molecule has 0 fully saturated rings. The number of ether oxygens (including phenoxy) is 1. The van der Waals surface area contributed by atoms with Gasteiger partial charge in [0, 0.05) is 18.4 Å². The fourth-order valence-electron chi connectivity index (χ4n) is 2.74. The van der Waals surface area contributed by atoms with Gasteiger partial charge in [-0.2, -0.15) is 0 Å². The molecule has 0 saturated carbocycles. The zero-order valence-electron chi connectivity index (χ0n) is 10.1. The van der Waals surface area contributed by atoms with Crippen molar-refractivity contribution < 1.29 is 4.74 Å². The van der Waals surface area contributed by atoms with E-state index in [2.05, 4.69) is 34.1 Å². The molecule has 3 heteroatoms. The average molecular weight is 238 g/mol. The van der Waals surface area contributed by atoms with Crippen molar-refractivity contribution in [3.05, 3.63) is 58.9 Å². The quantitative estimate of drug-likeness (QED) is 0.763. The van der Waals surface area contributed by atoms with Gasteiger partial charge < -0.3 is 9.64 Å². The second-order valence-electron chi connectivity index (χ2n) is 4.91. The molecule has 1 aromatic heterocycles. The number of fused-ring (bicyclic) bond motifs is 2. The highest BCUT2D eigenvalue weighted by Crippen LogP contribution is 2.30. The Labute approximate surface area is 106 Å². The van der Waals surface area contributed by atoms with Gasteiger partial charge in [-0.3, -0.25) is 4.98 Å². The number of benzene rings is 1. The number of aromatic nitrogens is 1. The third kappa shape index (κ3) is 1.51. The molecule has 2 aromatic rings. The minimum absolute atomic E-state index is 0.752. The van der Waals surface area contributed by atoms with E-state index in [4.69, 9.17) is 4.74 Å². The first-order valence-electron chi connectivity index (χ1n) is 6.27. The average Bonchev–Trinajstić information content (AvgIpc) is 3.04.